The number of pyridine rings is 1. The molecule has 0 bridgehead atoms. The van der Waals surface area contributed by atoms with Gasteiger partial charge in [-0.2, -0.15) is 9.83 Å². The number of nitrogens with one attached hydrogen (secondary N) is 1. The summed E-state index contributed by atoms with van der Waals surface area (Å²) >= 11 is 0. The zero-order chi connectivity index (χ0) is 24.9. The third-order valence-corrected chi connectivity index (χ3v) is 7.33. The number of nitrogens with zero attached hydrogens (tertiary/aromatic N) is 3. The second kappa shape index (κ2) is 8.82. The molecule has 1 amide bonds. The quantitative estimate of drug-likeness (QED) is 0.365. The van der Waals surface area contributed by atoms with Crippen molar-refractivity contribution in [3.05, 3.63) is 53.1 Å². The Balaban J connectivity index is 1.42. The van der Waals surface area contributed by atoms with Crippen LogP contribution in [0, 0.1) is 17.0 Å². The van der Waals surface area contributed by atoms with Gasteiger partial charge in [-0.1, -0.05) is 13.8 Å². The number of fused-ring (bicyclic) bond motifs is 1. The minimum atomic E-state index is -0.685. The predicted octanol–water partition coefficient (Wildman–Crippen LogP) is 4.56. The lowest BCUT2D eigenvalue weighted by molar-refractivity contribution is -0.617. The van der Waals surface area contributed by atoms with Crippen molar-refractivity contribution in [2.24, 2.45) is 11.8 Å². The number of aromatic nitrogens is 3. The molecule has 2 N–H and O–H groups in total. The van der Waals surface area contributed by atoms with E-state index in [1.54, 1.807) is 12.1 Å². The Morgan fingerprint density at radius 2 is 2.06 bits per heavy atom. The summed E-state index contributed by atoms with van der Waals surface area (Å²) in [5.74, 6) is 0.892. The number of hydrogen-bond donors (Lipinski definition) is 2. The SMILES string of the molecule is CC(C)c1cccc(C(=O)Nc2cc3cn(C4CC(C(C)(C)O)C4)nc3cc2OCC2CC2)[n+]1[O-]. The molecule has 2 aliphatic rings. The minimum absolute atomic E-state index is 0.00221. The van der Waals surface area contributed by atoms with E-state index >= 15 is 0 Å². The van der Waals surface area contributed by atoms with E-state index in [0.29, 0.717) is 34.4 Å². The average molecular weight is 479 g/mol. The molecule has 1 aromatic carbocycles. The van der Waals surface area contributed by atoms with E-state index < -0.39 is 11.5 Å². The zero-order valence-corrected chi connectivity index (χ0v) is 20.8. The van der Waals surface area contributed by atoms with Crippen molar-refractivity contribution in [1.82, 2.24) is 9.78 Å². The first-order valence-corrected chi connectivity index (χ1v) is 12.5. The smallest absolute Gasteiger partial charge is 0.321 e. The average Bonchev–Trinajstić information content (AvgIpc) is 3.48. The van der Waals surface area contributed by atoms with Gasteiger partial charge in [0.25, 0.3) is 5.69 Å². The largest absolute Gasteiger partial charge is 0.618 e. The number of carbonyl (C=O) groups is 1. The molecule has 0 saturated heterocycles. The molecule has 186 valence electrons. The van der Waals surface area contributed by atoms with Crippen LogP contribution in [0.1, 0.15) is 81.5 Å². The van der Waals surface area contributed by atoms with Gasteiger partial charge in [-0.05, 0) is 63.5 Å². The van der Waals surface area contributed by atoms with Gasteiger partial charge in [-0.15, -0.1) is 0 Å². The fraction of sp³-hybridized carbons (Fsp3) is 0.519. The van der Waals surface area contributed by atoms with Crippen LogP contribution < -0.4 is 14.8 Å². The van der Waals surface area contributed by atoms with Gasteiger partial charge in [0.1, 0.15) is 5.75 Å². The van der Waals surface area contributed by atoms with Gasteiger partial charge in [0.2, 0.25) is 0 Å². The fourth-order valence-corrected chi connectivity index (χ4v) is 4.64. The third-order valence-electron chi connectivity index (χ3n) is 7.33. The molecule has 2 aromatic heterocycles. The number of aliphatic hydroxyl groups is 1. The molecule has 5 rings (SSSR count). The lowest BCUT2D eigenvalue weighted by atomic mass is 9.71. The first-order valence-electron chi connectivity index (χ1n) is 12.5. The summed E-state index contributed by atoms with van der Waals surface area (Å²) in [4.78, 5) is 13.1. The van der Waals surface area contributed by atoms with E-state index in [1.807, 2.05) is 50.7 Å². The van der Waals surface area contributed by atoms with Gasteiger partial charge in [-0.25, -0.2) is 0 Å². The number of amides is 1. The Morgan fingerprint density at radius 1 is 1.31 bits per heavy atom. The highest BCUT2D eigenvalue weighted by atomic mass is 16.5. The monoisotopic (exact) mass is 478 g/mol. The van der Waals surface area contributed by atoms with Crippen molar-refractivity contribution >= 4 is 22.5 Å². The second-order valence-electron chi connectivity index (χ2n) is 11.0. The van der Waals surface area contributed by atoms with Crippen molar-refractivity contribution in [3.8, 4) is 5.75 Å². The maximum atomic E-state index is 13.1. The summed E-state index contributed by atoms with van der Waals surface area (Å²) < 4.78 is 8.75. The fourth-order valence-electron chi connectivity index (χ4n) is 4.64. The summed E-state index contributed by atoms with van der Waals surface area (Å²) in [6.45, 7) is 8.15. The predicted molar refractivity (Wildman–Crippen MR) is 133 cm³/mol. The molecule has 0 radical (unpaired) electrons. The number of anilines is 1. The Hall–Kier alpha value is -3.13. The molecule has 2 fully saturated rings. The highest BCUT2D eigenvalue weighted by Gasteiger charge is 2.40. The first-order chi connectivity index (χ1) is 16.6. The van der Waals surface area contributed by atoms with Crippen molar-refractivity contribution in [1.29, 1.82) is 0 Å². The van der Waals surface area contributed by atoms with Gasteiger partial charge in [0.15, 0.2) is 5.69 Å². The minimum Gasteiger partial charge on any atom is -0.618 e. The highest BCUT2D eigenvalue weighted by Crippen LogP contribution is 2.44. The van der Waals surface area contributed by atoms with Crippen LogP contribution in [0.3, 0.4) is 0 Å². The highest BCUT2D eigenvalue weighted by molar-refractivity contribution is 6.04. The summed E-state index contributed by atoms with van der Waals surface area (Å²) in [6.07, 6.45) is 6.04. The summed E-state index contributed by atoms with van der Waals surface area (Å²) in [5, 5.41) is 31.6. The number of hydrogen-bond acceptors (Lipinski definition) is 5. The van der Waals surface area contributed by atoms with Gasteiger partial charge < -0.3 is 20.4 Å². The van der Waals surface area contributed by atoms with E-state index in [-0.39, 0.29) is 23.6 Å². The molecule has 0 spiro atoms. The van der Waals surface area contributed by atoms with Crippen LogP contribution in [0.25, 0.3) is 10.9 Å². The lowest BCUT2D eigenvalue weighted by Gasteiger charge is -2.42. The van der Waals surface area contributed by atoms with Crippen LogP contribution in [0.4, 0.5) is 5.69 Å². The van der Waals surface area contributed by atoms with Crippen LogP contribution in [0.15, 0.2) is 36.5 Å². The lowest BCUT2D eigenvalue weighted by Crippen LogP contribution is -2.41. The third kappa shape index (κ3) is 4.85. The number of benzene rings is 1. The van der Waals surface area contributed by atoms with E-state index in [2.05, 4.69) is 5.32 Å². The van der Waals surface area contributed by atoms with Crippen molar-refractivity contribution in [2.75, 3.05) is 11.9 Å². The zero-order valence-electron chi connectivity index (χ0n) is 20.8. The molecular formula is C27H34N4O4. The van der Waals surface area contributed by atoms with Gasteiger partial charge in [0.05, 0.1) is 29.5 Å². The van der Waals surface area contributed by atoms with Crippen molar-refractivity contribution < 1.29 is 19.4 Å². The molecule has 2 saturated carbocycles. The Labute approximate surface area is 205 Å². The molecule has 2 heterocycles. The molecule has 0 aliphatic heterocycles. The molecule has 3 aromatic rings. The van der Waals surface area contributed by atoms with Crippen LogP contribution in [0.5, 0.6) is 5.75 Å². The van der Waals surface area contributed by atoms with Gasteiger partial charge in [0, 0.05) is 35.7 Å². The van der Waals surface area contributed by atoms with Gasteiger partial charge >= 0.3 is 5.91 Å². The van der Waals surface area contributed by atoms with E-state index in [4.69, 9.17) is 9.84 Å². The molecular weight excluding hydrogens is 444 g/mol. The van der Waals surface area contributed by atoms with E-state index in [9.17, 15) is 15.1 Å². The van der Waals surface area contributed by atoms with E-state index in [1.165, 1.54) is 6.07 Å². The molecule has 2 aliphatic carbocycles. The Morgan fingerprint density at radius 3 is 2.71 bits per heavy atom. The Bertz CT molecular complexity index is 1250. The van der Waals surface area contributed by atoms with Crippen LogP contribution in [0.2, 0.25) is 0 Å². The standard InChI is InChI=1S/C27H34N4O4/c1-16(2)23-6-5-7-24(31(23)34)26(32)28-22-10-18-14-30(20-11-19(12-20)27(3,4)33)29-21(18)13-25(22)35-15-17-8-9-17/h5-7,10,13-14,16-17,19-20,33H,8-9,11-12,15H2,1-4H3,(H,28,32). The molecule has 8 nitrogen and oxygen atoms in total. The van der Waals surface area contributed by atoms with Crippen LogP contribution in [-0.4, -0.2) is 33.0 Å². The second-order valence-corrected chi connectivity index (χ2v) is 11.0. The topological polar surface area (TPSA) is 103 Å². The maximum Gasteiger partial charge on any atom is 0.321 e. The number of rotatable bonds is 8. The van der Waals surface area contributed by atoms with E-state index in [0.717, 1.165) is 36.6 Å². The summed E-state index contributed by atoms with van der Waals surface area (Å²) in [5.41, 5.74) is 1.23. The molecule has 0 atom stereocenters. The normalized spacial score (nSPS) is 20.2. The first kappa shape index (κ1) is 23.6. The Kier molecular flexibility index (Phi) is 5.95. The van der Waals surface area contributed by atoms with Gasteiger partial charge in [-0.3, -0.25) is 9.48 Å². The summed E-state index contributed by atoms with van der Waals surface area (Å²) in [6, 6.07) is 8.98. The molecule has 0 unspecified atom stereocenters. The molecule has 35 heavy (non-hydrogen) atoms. The molecule has 8 heteroatoms. The van der Waals surface area contributed by atoms with Crippen molar-refractivity contribution in [2.45, 2.75) is 70.9 Å². The summed E-state index contributed by atoms with van der Waals surface area (Å²) in [7, 11) is 0. The maximum absolute atomic E-state index is 13.1. The number of ether oxygens (including phenoxy) is 1. The van der Waals surface area contributed by atoms with Crippen LogP contribution in [-0.2, 0) is 0 Å². The van der Waals surface area contributed by atoms with Crippen molar-refractivity contribution in [3.63, 3.8) is 0 Å². The van der Waals surface area contributed by atoms with Crippen LogP contribution >= 0.6 is 0 Å². The number of carbonyl (C=O) groups excluding carboxylic acids is 1.